The van der Waals surface area contributed by atoms with Crippen molar-refractivity contribution in [2.75, 3.05) is 19.6 Å². The maximum atomic E-state index is 13.9. The van der Waals surface area contributed by atoms with Crippen molar-refractivity contribution in [3.63, 3.8) is 0 Å². The van der Waals surface area contributed by atoms with Crippen LogP contribution >= 0.6 is 9.24 Å². The molecule has 1 saturated carbocycles. The van der Waals surface area contributed by atoms with Gasteiger partial charge in [-0.3, -0.25) is 0 Å². The minimum Gasteiger partial charge on any atom is -0.455 e. The highest BCUT2D eigenvalue weighted by Gasteiger charge is 2.39. The summed E-state index contributed by atoms with van der Waals surface area (Å²) in [4.78, 5) is 2.49. The number of ether oxygens (including phenoxy) is 1. The van der Waals surface area contributed by atoms with E-state index < -0.39 is 11.2 Å². The summed E-state index contributed by atoms with van der Waals surface area (Å²) in [6, 6.07) is 7.68. The Hall–Kier alpha value is -0.700. The quantitative estimate of drug-likeness (QED) is 0.715. The van der Waals surface area contributed by atoms with Crippen LogP contribution in [0, 0.1) is 0 Å². The fourth-order valence-electron chi connectivity index (χ4n) is 4.52. The first-order chi connectivity index (χ1) is 12.4. The second kappa shape index (κ2) is 8.54. The van der Waals surface area contributed by atoms with Crippen LogP contribution in [0.3, 0.4) is 0 Å². The van der Waals surface area contributed by atoms with E-state index in [9.17, 15) is 9.50 Å². The normalized spacial score (nSPS) is 24.6. The Morgan fingerprint density at radius 3 is 2.50 bits per heavy atom. The number of piperidine rings is 1. The number of benzene rings is 1. The highest BCUT2D eigenvalue weighted by atomic mass is 31.0. The SMILES string of the molecule is CC(F)(P)Oc1cccc(C(CN2CCCCC2)C2(O)CCCCC2)c1. The molecule has 1 aromatic rings. The van der Waals surface area contributed by atoms with Gasteiger partial charge in [-0.15, -0.1) is 0 Å². The van der Waals surface area contributed by atoms with Crippen LogP contribution in [0.1, 0.15) is 69.8 Å². The summed E-state index contributed by atoms with van der Waals surface area (Å²) in [5.41, 5.74) is -1.40. The van der Waals surface area contributed by atoms with Crippen molar-refractivity contribution >= 4 is 9.24 Å². The first-order valence-electron chi connectivity index (χ1n) is 10.1. The zero-order chi connectivity index (χ0) is 18.6. The van der Waals surface area contributed by atoms with Crippen molar-refractivity contribution in [1.82, 2.24) is 4.90 Å². The highest BCUT2D eigenvalue weighted by molar-refractivity contribution is 7.18. The largest absolute Gasteiger partial charge is 0.455 e. The molecule has 26 heavy (non-hydrogen) atoms. The first-order valence-corrected chi connectivity index (χ1v) is 10.6. The molecule has 5 heteroatoms. The molecule has 2 aliphatic rings. The number of hydrogen-bond acceptors (Lipinski definition) is 3. The van der Waals surface area contributed by atoms with Crippen LogP contribution in [-0.2, 0) is 0 Å². The summed E-state index contributed by atoms with van der Waals surface area (Å²) in [6.07, 6.45) is 8.84. The van der Waals surface area contributed by atoms with Crippen molar-refractivity contribution < 1.29 is 14.2 Å². The average Bonchev–Trinajstić information content (AvgIpc) is 2.60. The van der Waals surface area contributed by atoms with Gasteiger partial charge < -0.3 is 14.7 Å². The molecule has 0 aromatic heterocycles. The number of alkyl halides is 1. The molecule has 2 fully saturated rings. The van der Waals surface area contributed by atoms with Gasteiger partial charge in [0.15, 0.2) is 0 Å². The molecule has 1 aliphatic heterocycles. The Kier molecular flexibility index (Phi) is 6.59. The number of nitrogens with zero attached hydrogens (tertiary/aromatic N) is 1. The Morgan fingerprint density at radius 2 is 1.85 bits per heavy atom. The van der Waals surface area contributed by atoms with Gasteiger partial charge in [0.2, 0.25) is 0 Å². The molecule has 0 amide bonds. The predicted octanol–water partition coefficient (Wildman–Crippen LogP) is 4.85. The first kappa shape index (κ1) is 20.0. The standard InChI is InChI=1S/C21H33FNO2P/c1-20(22,26)25-18-10-8-9-17(15-18)19(16-23-13-6-3-7-14-23)21(24)11-4-2-5-12-21/h8-10,15,19,24H,2-7,11-14,16,26H2,1H3. The van der Waals surface area contributed by atoms with Crippen LogP contribution < -0.4 is 4.74 Å². The van der Waals surface area contributed by atoms with E-state index >= 15 is 0 Å². The molecule has 146 valence electrons. The molecule has 3 atom stereocenters. The van der Waals surface area contributed by atoms with E-state index in [0.29, 0.717) is 5.75 Å². The van der Waals surface area contributed by atoms with Crippen LogP contribution in [0.25, 0.3) is 0 Å². The van der Waals surface area contributed by atoms with E-state index in [1.54, 1.807) is 6.07 Å². The lowest BCUT2D eigenvalue weighted by molar-refractivity contribution is -0.0322. The Balaban J connectivity index is 1.85. The van der Waals surface area contributed by atoms with Crippen molar-refractivity contribution in [2.24, 2.45) is 0 Å². The lowest BCUT2D eigenvalue weighted by Crippen LogP contribution is -2.45. The lowest BCUT2D eigenvalue weighted by Gasteiger charge is -2.42. The maximum Gasteiger partial charge on any atom is 0.256 e. The van der Waals surface area contributed by atoms with E-state index in [2.05, 4.69) is 20.2 Å². The fraction of sp³-hybridized carbons (Fsp3) is 0.714. The summed E-state index contributed by atoms with van der Waals surface area (Å²) < 4.78 is 19.3. The molecular formula is C21H33FNO2P. The van der Waals surface area contributed by atoms with E-state index in [4.69, 9.17) is 4.74 Å². The second-order valence-electron chi connectivity index (χ2n) is 8.24. The molecule has 1 heterocycles. The van der Waals surface area contributed by atoms with Gasteiger partial charge in [-0.1, -0.05) is 47.1 Å². The van der Waals surface area contributed by atoms with E-state index in [1.165, 1.54) is 32.6 Å². The zero-order valence-corrected chi connectivity index (χ0v) is 17.1. The molecule has 1 N–H and O–H groups in total. The molecule has 1 aromatic carbocycles. The molecule has 1 aliphatic carbocycles. The average molecular weight is 381 g/mol. The number of rotatable bonds is 6. The Bertz CT molecular complexity index is 578. The topological polar surface area (TPSA) is 32.7 Å². The summed E-state index contributed by atoms with van der Waals surface area (Å²) in [6.45, 7) is 4.46. The van der Waals surface area contributed by atoms with Gasteiger partial charge in [0.1, 0.15) is 5.75 Å². The molecule has 0 spiro atoms. The number of hydrogen-bond donors (Lipinski definition) is 1. The van der Waals surface area contributed by atoms with Gasteiger partial charge in [-0.05, 0) is 56.5 Å². The molecular weight excluding hydrogens is 348 g/mol. The van der Waals surface area contributed by atoms with Gasteiger partial charge in [0.25, 0.3) is 5.60 Å². The zero-order valence-electron chi connectivity index (χ0n) is 15.9. The summed E-state index contributed by atoms with van der Waals surface area (Å²) in [5, 5.41) is 11.5. The van der Waals surface area contributed by atoms with Crippen molar-refractivity contribution in [3.05, 3.63) is 29.8 Å². The van der Waals surface area contributed by atoms with Crippen LogP contribution in [0.4, 0.5) is 4.39 Å². The van der Waals surface area contributed by atoms with E-state index in [-0.39, 0.29) is 5.92 Å². The third-order valence-electron chi connectivity index (χ3n) is 5.84. The van der Waals surface area contributed by atoms with Crippen molar-refractivity contribution in [3.8, 4) is 5.75 Å². The van der Waals surface area contributed by atoms with Gasteiger partial charge >= 0.3 is 0 Å². The maximum absolute atomic E-state index is 13.9. The van der Waals surface area contributed by atoms with Crippen LogP contribution in [0.15, 0.2) is 24.3 Å². The Labute approximate surface area is 159 Å². The van der Waals surface area contributed by atoms with Crippen molar-refractivity contribution in [2.45, 2.75) is 75.4 Å². The number of aliphatic hydroxyl groups is 1. The number of halogens is 1. The monoisotopic (exact) mass is 381 g/mol. The molecule has 3 rings (SSSR count). The van der Waals surface area contributed by atoms with Gasteiger partial charge in [0, 0.05) is 19.4 Å². The van der Waals surface area contributed by atoms with Gasteiger partial charge in [-0.2, -0.15) is 4.39 Å². The van der Waals surface area contributed by atoms with Crippen LogP contribution in [0.5, 0.6) is 5.75 Å². The molecule has 0 bridgehead atoms. The summed E-state index contributed by atoms with van der Waals surface area (Å²) in [5.74, 6) is 0.561. The van der Waals surface area contributed by atoms with Crippen LogP contribution in [-0.4, -0.2) is 40.8 Å². The van der Waals surface area contributed by atoms with Gasteiger partial charge in [-0.25, -0.2) is 0 Å². The minimum absolute atomic E-state index is 0.0415. The van der Waals surface area contributed by atoms with E-state index in [0.717, 1.165) is 50.9 Å². The van der Waals surface area contributed by atoms with E-state index in [1.807, 2.05) is 12.1 Å². The van der Waals surface area contributed by atoms with Gasteiger partial charge in [0.05, 0.1) is 5.60 Å². The van der Waals surface area contributed by atoms with Crippen LogP contribution in [0.2, 0.25) is 0 Å². The molecule has 1 saturated heterocycles. The number of likely N-dealkylation sites (tertiary alicyclic amines) is 1. The Morgan fingerprint density at radius 1 is 1.19 bits per heavy atom. The summed E-state index contributed by atoms with van der Waals surface area (Å²) in [7, 11) is 2.07. The second-order valence-corrected chi connectivity index (χ2v) is 9.27. The molecule has 3 unspecified atom stereocenters. The predicted molar refractivity (Wildman–Crippen MR) is 107 cm³/mol. The lowest BCUT2D eigenvalue weighted by atomic mass is 9.72. The third-order valence-corrected chi connectivity index (χ3v) is 5.95. The molecule has 0 radical (unpaired) electrons. The smallest absolute Gasteiger partial charge is 0.256 e. The third kappa shape index (κ3) is 5.41. The van der Waals surface area contributed by atoms with Crippen molar-refractivity contribution in [1.29, 1.82) is 0 Å². The fourth-order valence-corrected chi connectivity index (χ4v) is 4.66. The minimum atomic E-state index is -1.79. The highest BCUT2D eigenvalue weighted by Crippen LogP contribution is 2.41. The molecule has 3 nitrogen and oxygen atoms in total. The summed E-state index contributed by atoms with van der Waals surface area (Å²) >= 11 is 0.